The van der Waals surface area contributed by atoms with Crippen LogP contribution in [0.15, 0.2) is 115 Å². The van der Waals surface area contributed by atoms with Crippen LogP contribution in [-0.4, -0.2) is 23.2 Å². The summed E-state index contributed by atoms with van der Waals surface area (Å²) in [6.07, 6.45) is 0. The van der Waals surface area contributed by atoms with Gasteiger partial charge in [0.2, 0.25) is 11.6 Å². The van der Waals surface area contributed by atoms with E-state index in [9.17, 15) is 0 Å². The molecule has 0 N–H and O–H groups in total. The average Bonchev–Trinajstić information content (AvgIpc) is 3.68. The maximum absolute atomic E-state index is 5.07. The molecule has 4 heterocycles. The zero-order valence-corrected chi connectivity index (χ0v) is 19.7. The van der Waals surface area contributed by atoms with E-state index in [-0.39, 0.29) is 0 Å². The SMILES string of the molecule is c1ccc(-c2ccccc2-c2cc3c4c(c2)n2c5ccccc5nc2n4c2nc4ccccc4n32)cc1. The lowest BCUT2D eigenvalue weighted by Crippen LogP contribution is -1.90. The highest BCUT2D eigenvalue weighted by molar-refractivity contribution is 6.06. The Hall–Kier alpha value is -5.16. The second-order valence-corrected chi connectivity index (χ2v) is 9.58. The highest BCUT2D eigenvalue weighted by Crippen LogP contribution is 2.39. The van der Waals surface area contributed by atoms with E-state index in [0.717, 1.165) is 50.2 Å². The molecule has 5 aromatic carbocycles. The van der Waals surface area contributed by atoms with Gasteiger partial charge in [0.05, 0.1) is 33.1 Å². The number of benzene rings is 5. The largest absolute Gasteiger partial charge is 0.276 e. The van der Waals surface area contributed by atoms with E-state index < -0.39 is 0 Å². The number of para-hydroxylation sites is 4. The molecule has 172 valence electrons. The third kappa shape index (κ3) is 2.38. The third-order valence-electron chi connectivity index (χ3n) is 7.58. The number of nitrogens with zero attached hydrogens (tertiary/aromatic N) is 5. The van der Waals surface area contributed by atoms with Crippen LogP contribution in [0, 0.1) is 0 Å². The standard InChI is InChI=1S/C32H19N5/c1-2-10-20(11-3-1)22-12-4-5-13-23(22)21-18-28-30-29(19-21)36-27-17-9-7-15-25(27)34-32(36)37(30)31-33-24-14-6-8-16-26(24)35(28)31/h1-19H. The van der Waals surface area contributed by atoms with Gasteiger partial charge in [-0.15, -0.1) is 0 Å². The first-order chi connectivity index (χ1) is 18.4. The minimum Gasteiger partial charge on any atom is -0.276 e. The molecule has 5 nitrogen and oxygen atoms in total. The van der Waals surface area contributed by atoms with Gasteiger partial charge in [-0.2, -0.15) is 0 Å². The van der Waals surface area contributed by atoms with Crippen LogP contribution < -0.4 is 0 Å². The van der Waals surface area contributed by atoms with Gasteiger partial charge in [0, 0.05) is 0 Å². The van der Waals surface area contributed by atoms with E-state index >= 15 is 0 Å². The number of rotatable bonds is 2. The van der Waals surface area contributed by atoms with Crippen LogP contribution >= 0.6 is 0 Å². The van der Waals surface area contributed by atoms with Crippen molar-refractivity contribution in [2.45, 2.75) is 0 Å². The molecule has 9 rings (SSSR count). The Morgan fingerprint density at radius 3 is 1.49 bits per heavy atom. The molecular formula is C32H19N5. The summed E-state index contributed by atoms with van der Waals surface area (Å²) in [5.74, 6) is 1.78. The quantitative estimate of drug-likeness (QED) is 0.261. The number of hydrogen-bond donors (Lipinski definition) is 0. The van der Waals surface area contributed by atoms with Crippen molar-refractivity contribution in [2.24, 2.45) is 0 Å². The van der Waals surface area contributed by atoms with Crippen LogP contribution in [0.1, 0.15) is 0 Å². The molecule has 0 amide bonds. The van der Waals surface area contributed by atoms with Gasteiger partial charge in [-0.05, 0) is 58.7 Å². The molecule has 9 aromatic rings. The zero-order chi connectivity index (χ0) is 24.1. The number of imidazole rings is 4. The predicted octanol–water partition coefficient (Wildman–Crippen LogP) is 7.47. The molecule has 0 saturated carbocycles. The van der Waals surface area contributed by atoms with Gasteiger partial charge in [-0.1, -0.05) is 78.9 Å². The Morgan fingerprint density at radius 2 is 0.892 bits per heavy atom. The summed E-state index contributed by atoms with van der Waals surface area (Å²) < 4.78 is 6.79. The van der Waals surface area contributed by atoms with E-state index in [4.69, 9.17) is 9.97 Å². The highest BCUT2D eigenvalue weighted by atomic mass is 15.3. The summed E-state index contributed by atoms with van der Waals surface area (Å²) in [6, 6.07) is 40.6. The summed E-state index contributed by atoms with van der Waals surface area (Å²) in [7, 11) is 0. The number of fused-ring (bicyclic) bond motifs is 10. The molecule has 0 fully saturated rings. The Bertz CT molecular complexity index is 2180. The molecule has 5 heteroatoms. The molecule has 0 spiro atoms. The van der Waals surface area contributed by atoms with E-state index in [1.165, 1.54) is 22.3 Å². The lowest BCUT2D eigenvalue weighted by atomic mass is 9.94. The molecule has 0 radical (unpaired) electrons. The monoisotopic (exact) mass is 473 g/mol. The van der Waals surface area contributed by atoms with Crippen molar-refractivity contribution in [3.05, 3.63) is 115 Å². The van der Waals surface area contributed by atoms with Gasteiger partial charge >= 0.3 is 0 Å². The van der Waals surface area contributed by atoms with E-state index in [0.29, 0.717) is 0 Å². The van der Waals surface area contributed by atoms with Crippen molar-refractivity contribution >= 4 is 50.2 Å². The topological polar surface area (TPSA) is 39.0 Å². The zero-order valence-electron chi connectivity index (χ0n) is 19.7. The van der Waals surface area contributed by atoms with Gasteiger partial charge in [-0.3, -0.25) is 8.80 Å². The Labute approximate surface area is 210 Å². The van der Waals surface area contributed by atoms with Gasteiger partial charge < -0.3 is 0 Å². The molecule has 0 aliphatic rings. The van der Waals surface area contributed by atoms with Crippen LogP contribution in [0.5, 0.6) is 0 Å². The lowest BCUT2D eigenvalue weighted by Gasteiger charge is -2.11. The first-order valence-electron chi connectivity index (χ1n) is 12.5. The van der Waals surface area contributed by atoms with Gasteiger partial charge in [-0.25, -0.2) is 14.4 Å². The fourth-order valence-corrected chi connectivity index (χ4v) is 6.02. The van der Waals surface area contributed by atoms with Crippen molar-refractivity contribution in [2.75, 3.05) is 0 Å². The van der Waals surface area contributed by atoms with Crippen LogP contribution in [0.2, 0.25) is 0 Å². The van der Waals surface area contributed by atoms with Crippen molar-refractivity contribution in [3.63, 3.8) is 0 Å². The Kier molecular flexibility index (Phi) is 3.47. The average molecular weight is 474 g/mol. The van der Waals surface area contributed by atoms with E-state index in [2.05, 4.69) is 116 Å². The van der Waals surface area contributed by atoms with Gasteiger partial charge in [0.1, 0.15) is 5.52 Å². The first-order valence-corrected chi connectivity index (χ1v) is 12.5. The van der Waals surface area contributed by atoms with E-state index in [1.54, 1.807) is 0 Å². The molecule has 0 unspecified atom stereocenters. The second kappa shape index (κ2) is 6.74. The second-order valence-electron chi connectivity index (χ2n) is 9.58. The smallest absolute Gasteiger partial charge is 0.223 e. The van der Waals surface area contributed by atoms with Gasteiger partial charge in [0.25, 0.3) is 0 Å². The summed E-state index contributed by atoms with van der Waals surface area (Å²) in [5, 5.41) is 0. The minimum absolute atomic E-state index is 0.889. The third-order valence-corrected chi connectivity index (χ3v) is 7.58. The highest BCUT2D eigenvalue weighted by Gasteiger charge is 2.24. The molecule has 0 aliphatic carbocycles. The fraction of sp³-hybridized carbons (Fsp3) is 0. The summed E-state index contributed by atoms with van der Waals surface area (Å²) >= 11 is 0. The minimum atomic E-state index is 0.889. The van der Waals surface area contributed by atoms with Gasteiger partial charge in [0.15, 0.2) is 0 Å². The van der Waals surface area contributed by atoms with E-state index in [1.807, 2.05) is 12.1 Å². The van der Waals surface area contributed by atoms with Crippen LogP contribution in [0.3, 0.4) is 0 Å². The van der Waals surface area contributed by atoms with Crippen LogP contribution in [0.4, 0.5) is 0 Å². The number of hydrogen-bond acceptors (Lipinski definition) is 2. The molecule has 0 aliphatic heterocycles. The molecule has 0 bridgehead atoms. The molecule has 4 aromatic heterocycles. The van der Waals surface area contributed by atoms with Crippen molar-refractivity contribution in [1.82, 2.24) is 23.2 Å². The molecule has 0 saturated heterocycles. The summed E-state index contributed by atoms with van der Waals surface area (Å²) in [5.41, 5.74) is 12.4. The maximum Gasteiger partial charge on any atom is 0.223 e. The fourth-order valence-electron chi connectivity index (χ4n) is 6.02. The van der Waals surface area contributed by atoms with Crippen molar-refractivity contribution < 1.29 is 0 Å². The van der Waals surface area contributed by atoms with Crippen LogP contribution in [0.25, 0.3) is 72.4 Å². The first kappa shape index (κ1) is 19.1. The Balaban J connectivity index is 1.51. The lowest BCUT2D eigenvalue weighted by molar-refractivity contribution is 1.15. The molecule has 0 atom stereocenters. The summed E-state index contributed by atoms with van der Waals surface area (Å²) in [4.78, 5) is 10.1. The predicted molar refractivity (Wildman–Crippen MR) is 149 cm³/mol. The maximum atomic E-state index is 5.07. The van der Waals surface area contributed by atoms with Crippen LogP contribution in [-0.2, 0) is 0 Å². The number of aromatic nitrogens is 5. The summed E-state index contributed by atoms with van der Waals surface area (Å²) in [6.45, 7) is 0. The van der Waals surface area contributed by atoms with Crippen molar-refractivity contribution in [3.8, 4) is 22.3 Å². The molecular weight excluding hydrogens is 454 g/mol. The Morgan fingerprint density at radius 1 is 0.405 bits per heavy atom. The molecule has 37 heavy (non-hydrogen) atoms. The van der Waals surface area contributed by atoms with Crippen molar-refractivity contribution in [1.29, 1.82) is 0 Å². The normalized spacial score (nSPS) is 12.3.